The summed E-state index contributed by atoms with van der Waals surface area (Å²) in [6, 6.07) is 9.67. The summed E-state index contributed by atoms with van der Waals surface area (Å²) in [5.41, 5.74) is 4.76. The standard InChI is InChI=1S/C49H69FN2O4/c1-33(2)36-17-24-49(51-27-28-52-29-30-55-43(52)54)26-25-46(6)38(41(36)49)13-14-40-45(5)20-18-37(44(3,4)39(45)19-21-47(40,46)7)35-15-22-48(32-50,23-16-35)42(53)56-31-34-11-9-8-10-12-34/h8-12,15,18,36,38-41,51H,1,13-14,16-17,19-32H2,2-7H3. The molecule has 6 aliphatic carbocycles. The lowest BCUT2D eigenvalue weighted by molar-refractivity contribution is -0.221. The van der Waals surface area contributed by atoms with Gasteiger partial charge in [-0.2, -0.15) is 0 Å². The van der Waals surface area contributed by atoms with E-state index >= 15 is 0 Å². The van der Waals surface area contributed by atoms with Crippen LogP contribution in [0.1, 0.15) is 124 Å². The quantitative estimate of drug-likeness (QED) is 0.190. The average Bonchev–Trinajstić information content (AvgIpc) is 3.78. The van der Waals surface area contributed by atoms with Crippen molar-refractivity contribution >= 4 is 12.1 Å². The molecule has 1 amide bonds. The molecule has 1 heterocycles. The molecule has 0 spiro atoms. The number of halogens is 1. The number of ether oxygens (including phenoxy) is 2. The number of hydrogen-bond donors (Lipinski definition) is 1. The van der Waals surface area contributed by atoms with Crippen molar-refractivity contribution in [3.05, 3.63) is 71.3 Å². The van der Waals surface area contributed by atoms with Crippen molar-refractivity contribution in [2.24, 2.45) is 56.7 Å². The van der Waals surface area contributed by atoms with Crippen LogP contribution >= 0.6 is 0 Å². The summed E-state index contributed by atoms with van der Waals surface area (Å²) in [6.07, 6.45) is 17.2. The molecule has 1 N–H and O–H groups in total. The Morgan fingerprint density at radius 1 is 0.946 bits per heavy atom. The van der Waals surface area contributed by atoms with Gasteiger partial charge in [-0.1, -0.05) is 89.3 Å². The van der Waals surface area contributed by atoms with Gasteiger partial charge in [0.05, 0.1) is 12.0 Å². The van der Waals surface area contributed by atoms with Crippen molar-refractivity contribution in [1.82, 2.24) is 10.2 Å². The van der Waals surface area contributed by atoms with Gasteiger partial charge in [0.25, 0.3) is 0 Å². The van der Waals surface area contributed by atoms with Crippen molar-refractivity contribution in [2.45, 2.75) is 131 Å². The van der Waals surface area contributed by atoms with Gasteiger partial charge in [0.2, 0.25) is 0 Å². The minimum atomic E-state index is -1.09. The Labute approximate surface area is 336 Å². The number of cyclic esters (lactones) is 1. The smallest absolute Gasteiger partial charge is 0.409 e. The zero-order chi connectivity index (χ0) is 39.7. The number of esters is 1. The topological polar surface area (TPSA) is 67.9 Å². The zero-order valence-electron chi connectivity index (χ0n) is 35.3. The Morgan fingerprint density at radius 2 is 1.73 bits per heavy atom. The molecule has 10 unspecified atom stereocenters. The van der Waals surface area contributed by atoms with Gasteiger partial charge in [0.15, 0.2) is 0 Å². The molecule has 7 aliphatic rings. The van der Waals surface area contributed by atoms with Crippen molar-refractivity contribution in [2.75, 3.05) is 32.9 Å². The van der Waals surface area contributed by atoms with Gasteiger partial charge in [-0.3, -0.25) is 4.79 Å². The fourth-order valence-corrected chi connectivity index (χ4v) is 15.1. The zero-order valence-corrected chi connectivity index (χ0v) is 35.3. The third kappa shape index (κ3) is 6.08. The highest BCUT2D eigenvalue weighted by Gasteiger charge is 2.70. The molecule has 5 fully saturated rings. The molecule has 8 rings (SSSR count). The van der Waals surface area contributed by atoms with E-state index in [2.05, 4.69) is 65.6 Å². The number of rotatable bonds is 10. The SMILES string of the molecule is C=C(C)C1CCC2(NCCN3CCOC3=O)CCC3(C)C(CCC4C5(C)CC=C(C6=CCC(CF)(C(=O)OCc7ccccc7)CC6)C(C)(C)C5CCC43C)C12. The molecule has 1 aromatic rings. The van der Waals surface area contributed by atoms with Crippen molar-refractivity contribution < 1.29 is 23.5 Å². The normalized spacial score (nSPS) is 41.3. The van der Waals surface area contributed by atoms with Crippen LogP contribution in [-0.4, -0.2) is 55.4 Å². The first-order valence-corrected chi connectivity index (χ1v) is 22.1. The molecular formula is C49H69FN2O4. The van der Waals surface area contributed by atoms with Crippen molar-refractivity contribution in [1.29, 1.82) is 0 Å². The Morgan fingerprint density at radius 3 is 2.41 bits per heavy atom. The van der Waals surface area contributed by atoms with Gasteiger partial charge in [-0.25, -0.2) is 9.18 Å². The van der Waals surface area contributed by atoms with Gasteiger partial charge in [-0.05, 0) is 152 Å². The van der Waals surface area contributed by atoms with Crippen molar-refractivity contribution in [3.63, 3.8) is 0 Å². The summed E-state index contributed by atoms with van der Waals surface area (Å²) in [4.78, 5) is 27.5. The molecule has 7 heteroatoms. The molecule has 1 aliphatic heterocycles. The third-order valence-corrected chi connectivity index (χ3v) is 18.2. The van der Waals surface area contributed by atoms with Crippen LogP contribution in [0, 0.1) is 56.7 Å². The second-order valence-corrected chi connectivity index (χ2v) is 20.8. The second kappa shape index (κ2) is 14.4. The largest absolute Gasteiger partial charge is 0.460 e. The van der Waals surface area contributed by atoms with Gasteiger partial charge >= 0.3 is 12.1 Å². The summed E-state index contributed by atoms with van der Waals surface area (Å²) in [6.45, 7) is 22.1. The fourth-order valence-electron chi connectivity index (χ4n) is 15.1. The van der Waals surface area contributed by atoms with Gasteiger partial charge in [0, 0.05) is 18.6 Å². The number of alkyl halides is 1. The van der Waals surface area contributed by atoms with E-state index in [0.717, 1.165) is 18.5 Å². The van der Waals surface area contributed by atoms with Crippen LogP contribution < -0.4 is 5.32 Å². The van der Waals surface area contributed by atoms with Gasteiger partial charge in [-0.15, -0.1) is 0 Å². The molecule has 10 atom stereocenters. The Kier molecular flexibility index (Phi) is 10.3. The summed E-state index contributed by atoms with van der Waals surface area (Å²) >= 11 is 0. The van der Waals surface area contributed by atoms with E-state index < -0.39 is 18.1 Å². The van der Waals surface area contributed by atoms with Gasteiger partial charge in [0.1, 0.15) is 19.9 Å². The van der Waals surface area contributed by atoms with E-state index in [0.29, 0.717) is 68.5 Å². The lowest BCUT2D eigenvalue weighted by Crippen LogP contribution is -2.68. The molecule has 6 nitrogen and oxygen atoms in total. The number of fused-ring (bicyclic) bond motifs is 7. The number of amides is 1. The maximum absolute atomic E-state index is 14.8. The van der Waals surface area contributed by atoms with E-state index in [-0.39, 0.29) is 39.9 Å². The number of hydrogen-bond acceptors (Lipinski definition) is 5. The minimum Gasteiger partial charge on any atom is -0.460 e. The average molecular weight is 769 g/mol. The number of carbonyl (C=O) groups is 2. The third-order valence-electron chi connectivity index (χ3n) is 18.2. The molecule has 4 saturated carbocycles. The van der Waals surface area contributed by atoms with E-state index in [1.807, 2.05) is 35.2 Å². The Bertz CT molecular complexity index is 1770. The highest BCUT2D eigenvalue weighted by molar-refractivity contribution is 5.78. The maximum Gasteiger partial charge on any atom is 0.409 e. The lowest BCUT2D eigenvalue weighted by Gasteiger charge is -2.72. The number of allylic oxidation sites excluding steroid dienone is 5. The van der Waals surface area contributed by atoms with Crippen LogP contribution in [-0.2, 0) is 20.9 Å². The molecule has 0 aromatic heterocycles. The number of carbonyl (C=O) groups excluding carboxylic acids is 2. The summed E-state index contributed by atoms with van der Waals surface area (Å²) in [5.74, 6) is 2.58. The van der Waals surface area contributed by atoms with E-state index in [1.165, 1.54) is 68.1 Å². The first-order valence-electron chi connectivity index (χ1n) is 22.1. The first-order chi connectivity index (χ1) is 26.6. The Balaban J connectivity index is 1.01. The summed E-state index contributed by atoms with van der Waals surface area (Å²) < 4.78 is 25.7. The van der Waals surface area contributed by atoms with E-state index in [9.17, 15) is 14.0 Å². The van der Waals surface area contributed by atoms with E-state index in [1.54, 1.807) is 0 Å². The van der Waals surface area contributed by atoms with Crippen LogP contribution in [0.5, 0.6) is 0 Å². The summed E-state index contributed by atoms with van der Waals surface area (Å²) in [7, 11) is 0. The summed E-state index contributed by atoms with van der Waals surface area (Å²) in [5, 5.41) is 4.14. The molecule has 306 valence electrons. The van der Waals surface area contributed by atoms with Crippen LogP contribution in [0.15, 0.2) is 65.8 Å². The van der Waals surface area contributed by atoms with Crippen molar-refractivity contribution in [3.8, 4) is 0 Å². The highest BCUT2D eigenvalue weighted by atomic mass is 19.1. The second-order valence-electron chi connectivity index (χ2n) is 20.8. The predicted molar refractivity (Wildman–Crippen MR) is 220 cm³/mol. The van der Waals surface area contributed by atoms with Crippen LogP contribution in [0.3, 0.4) is 0 Å². The van der Waals surface area contributed by atoms with Crippen LogP contribution in [0.25, 0.3) is 0 Å². The highest BCUT2D eigenvalue weighted by Crippen LogP contribution is 2.76. The minimum absolute atomic E-state index is 0.00858. The van der Waals surface area contributed by atoms with Gasteiger partial charge < -0.3 is 19.7 Å². The first kappa shape index (κ1) is 39.9. The molecule has 1 aromatic carbocycles. The monoisotopic (exact) mass is 769 g/mol. The Hall–Kier alpha value is -2.93. The molecule has 0 bridgehead atoms. The molecular weight excluding hydrogens is 700 g/mol. The number of nitrogens with zero attached hydrogens (tertiary/aromatic N) is 1. The lowest BCUT2D eigenvalue weighted by atomic mass is 9.33. The molecule has 56 heavy (non-hydrogen) atoms. The molecule has 1 saturated heterocycles. The maximum atomic E-state index is 14.8. The van der Waals surface area contributed by atoms with E-state index in [4.69, 9.17) is 9.47 Å². The number of benzene rings is 1. The number of nitrogens with one attached hydrogen (secondary N) is 1. The van der Waals surface area contributed by atoms with Crippen LogP contribution in [0.2, 0.25) is 0 Å². The molecule has 0 radical (unpaired) electrons. The predicted octanol–water partition coefficient (Wildman–Crippen LogP) is 10.8. The fraction of sp³-hybridized carbons (Fsp3) is 0.714. The van der Waals surface area contributed by atoms with Crippen LogP contribution in [0.4, 0.5) is 9.18 Å².